The van der Waals surface area contributed by atoms with Gasteiger partial charge in [-0.15, -0.1) is 0 Å². The van der Waals surface area contributed by atoms with Crippen LogP contribution in [0.4, 0.5) is 5.82 Å². The second-order valence-electron chi connectivity index (χ2n) is 5.40. The standard InChI is InChI=1S/C17H20N4O2/c1-23-13-6-4-12(5-7-13)9-21-10-14-16(15(21)3-2-8-22)19-11-20-17(14)18/h4-7,10-11,22H,2-3,8-9H2,1H3,(H2,18,19,20). The number of aliphatic hydroxyl groups excluding tert-OH is 1. The number of aromatic nitrogens is 3. The normalized spacial score (nSPS) is 11.0. The van der Waals surface area contributed by atoms with E-state index < -0.39 is 0 Å². The van der Waals surface area contributed by atoms with Crippen LogP contribution in [0.25, 0.3) is 10.9 Å². The van der Waals surface area contributed by atoms with Crippen LogP contribution in [-0.2, 0) is 13.0 Å². The number of aryl methyl sites for hydroxylation is 1. The summed E-state index contributed by atoms with van der Waals surface area (Å²) in [6, 6.07) is 7.96. The summed E-state index contributed by atoms with van der Waals surface area (Å²) in [7, 11) is 1.65. The number of hydrogen-bond donors (Lipinski definition) is 2. The van der Waals surface area contributed by atoms with Crippen LogP contribution in [0.2, 0.25) is 0 Å². The fourth-order valence-corrected chi connectivity index (χ4v) is 2.71. The van der Waals surface area contributed by atoms with Crippen LogP contribution in [0.1, 0.15) is 17.7 Å². The van der Waals surface area contributed by atoms with Crippen molar-refractivity contribution in [3.05, 3.63) is 48.0 Å². The highest BCUT2D eigenvalue weighted by atomic mass is 16.5. The van der Waals surface area contributed by atoms with Crippen LogP contribution < -0.4 is 10.5 Å². The zero-order chi connectivity index (χ0) is 16.2. The number of hydrogen-bond acceptors (Lipinski definition) is 5. The number of anilines is 1. The number of benzene rings is 1. The van der Waals surface area contributed by atoms with Crippen molar-refractivity contribution >= 4 is 16.7 Å². The maximum absolute atomic E-state index is 9.15. The number of rotatable bonds is 6. The molecule has 2 aromatic heterocycles. The molecule has 23 heavy (non-hydrogen) atoms. The summed E-state index contributed by atoms with van der Waals surface area (Å²) >= 11 is 0. The summed E-state index contributed by atoms with van der Waals surface area (Å²) in [5.74, 6) is 1.32. The molecule has 1 aromatic carbocycles. The van der Waals surface area contributed by atoms with Gasteiger partial charge >= 0.3 is 0 Å². The summed E-state index contributed by atoms with van der Waals surface area (Å²) in [4.78, 5) is 8.43. The molecule has 3 N–H and O–H groups in total. The van der Waals surface area contributed by atoms with Crippen molar-refractivity contribution in [2.75, 3.05) is 19.5 Å². The minimum Gasteiger partial charge on any atom is -0.497 e. The van der Waals surface area contributed by atoms with Gasteiger partial charge in [-0.05, 0) is 30.5 Å². The van der Waals surface area contributed by atoms with Gasteiger partial charge in [-0.25, -0.2) is 9.97 Å². The van der Waals surface area contributed by atoms with Gasteiger partial charge in [-0.2, -0.15) is 0 Å². The van der Waals surface area contributed by atoms with E-state index in [0.717, 1.165) is 34.3 Å². The number of nitrogen functional groups attached to an aromatic ring is 1. The first kappa shape index (κ1) is 15.3. The number of fused-ring (bicyclic) bond motifs is 1. The molecule has 0 amide bonds. The largest absolute Gasteiger partial charge is 0.497 e. The van der Waals surface area contributed by atoms with Gasteiger partial charge in [0.05, 0.1) is 18.0 Å². The topological polar surface area (TPSA) is 86.2 Å². The van der Waals surface area contributed by atoms with Gasteiger partial charge in [-0.1, -0.05) is 12.1 Å². The average Bonchev–Trinajstić information content (AvgIpc) is 2.92. The Morgan fingerprint density at radius 1 is 1.22 bits per heavy atom. The Morgan fingerprint density at radius 3 is 2.70 bits per heavy atom. The lowest BCUT2D eigenvalue weighted by molar-refractivity contribution is 0.287. The minimum absolute atomic E-state index is 0.149. The third-order valence-corrected chi connectivity index (χ3v) is 3.90. The van der Waals surface area contributed by atoms with Crippen molar-refractivity contribution in [1.82, 2.24) is 14.5 Å². The van der Waals surface area contributed by atoms with Crippen molar-refractivity contribution in [2.24, 2.45) is 0 Å². The van der Waals surface area contributed by atoms with Crippen molar-refractivity contribution in [3.8, 4) is 5.75 Å². The van der Waals surface area contributed by atoms with Gasteiger partial charge in [0, 0.05) is 25.0 Å². The highest BCUT2D eigenvalue weighted by Crippen LogP contribution is 2.25. The first-order valence-electron chi connectivity index (χ1n) is 7.55. The molecule has 0 atom stereocenters. The van der Waals surface area contributed by atoms with Gasteiger partial charge in [0.2, 0.25) is 0 Å². The first-order chi connectivity index (χ1) is 11.2. The first-order valence-corrected chi connectivity index (χ1v) is 7.55. The van der Waals surface area contributed by atoms with Crippen molar-refractivity contribution in [2.45, 2.75) is 19.4 Å². The second kappa shape index (κ2) is 6.66. The van der Waals surface area contributed by atoms with E-state index in [9.17, 15) is 0 Å². The third-order valence-electron chi connectivity index (χ3n) is 3.90. The predicted molar refractivity (Wildman–Crippen MR) is 89.4 cm³/mol. The molecule has 6 nitrogen and oxygen atoms in total. The van der Waals surface area contributed by atoms with E-state index in [0.29, 0.717) is 18.8 Å². The summed E-state index contributed by atoms with van der Waals surface area (Å²) in [5.41, 5.74) is 9.05. The number of methoxy groups -OCH3 is 1. The molecule has 3 aromatic rings. The number of ether oxygens (including phenoxy) is 1. The quantitative estimate of drug-likeness (QED) is 0.727. The van der Waals surface area contributed by atoms with Gasteiger partial charge in [0.15, 0.2) is 0 Å². The molecule has 0 aliphatic heterocycles. The Kier molecular flexibility index (Phi) is 4.43. The molecule has 6 heteroatoms. The molecular formula is C17H20N4O2. The Balaban J connectivity index is 1.98. The number of nitrogens with zero attached hydrogens (tertiary/aromatic N) is 3. The smallest absolute Gasteiger partial charge is 0.136 e. The third kappa shape index (κ3) is 3.12. The van der Waals surface area contributed by atoms with Crippen LogP contribution in [0.3, 0.4) is 0 Å². The molecule has 0 bridgehead atoms. The molecule has 0 unspecified atom stereocenters. The van der Waals surface area contributed by atoms with E-state index in [2.05, 4.69) is 14.5 Å². The fourth-order valence-electron chi connectivity index (χ4n) is 2.71. The van der Waals surface area contributed by atoms with E-state index in [4.69, 9.17) is 15.6 Å². The van der Waals surface area contributed by atoms with Crippen LogP contribution in [-0.4, -0.2) is 33.4 Å². The molecule has 0 spiro atoms. The molecular weight excluding hydrogens is 292 g/mol. The molecule has 0 aliphatic carbocycles. The molecule has 2 heterocycles. The fraction of sp³-hybridized carbons (Fsp3) is 0.294. The minimum atomic E-state index is 0.149. The van der Waals surface area contributed by atoms with E-state index in [1.807, 2.05) is 30.5 Å². The molecule has 0 radical (unpaired) electrons. The Hall–Kier alpha value is -2.60. The highest BCUT2D eigenvalue weighted by Gasteiger charge is 2.13. The van der Waals surface area contributed by atoms with Crippen LogP contribution >= 0.6 is 0 Å². The molecule has 120 valence electrons. The lowest BCUT2D eigenvalue weighted by atomic mass is 10.2. The lowest BCUT2D eigenvalue weighted by Crippen LogP contribution is -2.04. The molecule has 3 rings (SSSR count). The van der Waals surface area contributed by atoms with Gasteiger partial charge < -0.3 is 20.1 Å². The maximum atomic E-state index is 9.15. The second-order valence-corrected chi connectivity index (χ2v) is 5.40. The van der Waals surface area contributed by atoms with E-state index in [1.54, 1.807) is 7.11 Å². The van der Waals surface area contributed by atoms with Gasteiger partial charge in [0.25, 0.3) is 0 Å². The van der Waals surface area contributed by atoms with E-state index in [-0.39, 0.29) is 6.61 Å². The van der Waals surface area contributed by atoms with Crippen molar-refractivity contribution in [1.29, 1.82) is 0 Å². The highest BCUT2D eigenvalue weighted by molar-refractivity contribution is 5.90. The summed E-state index contributed by atoms with van der Waals surface area (Å²) in [6.45, 7) is 0.857. The molecule has 0 fully saturated rings. The summed E-state index contributed by atoms with van der Waals surface area (Å²) in [6.07, 6.45) is 4.90. The zero-order valence-corrected chi connectivity index (χ0v) is 13.1. The average molecular weight is 312 g/mol. The van der Waals surface area contributed by atoms with Crippen LogP contribution in [0.15, 0.2) is 36.8 Å². The molecule has 0 saturated heterocycles. The lowest BCUT2D eigenvalue weighted by Gasteiger charge is -2.09. The van der Waals surface area contributed by atoms with Gasteiger partial charge in [0.1, 0.15) is 17.9 Å². The zero-order valence-electron chi connectivity index (χ0n) is 13.1. The molecule has 0 saturated carbocycles. The number of aliphatic hydroxyl groups is 1. The van der Waals surface area contributed by atoms with Crippen molar-refractivity contribution < 1.29 is 9.84 Å². The number of nitrogens with two attached hydrogens (primary N) is 1. The Labute approximate surface area is 134 Å². The van der Waals surface area contributed by atoms with Crippen molar-refractivity contribution in [3.63, 3.8) is 0 Å². The van der Waals surface area contributed by atoms with Gasteiger partial charge in [-0.3, -0.25) is 0 Å². The summed E-state index contributed by atoms with van der Waals surface area (Å²) in [5, 5.41) is 10.0. The SMILES string of the molecule is COc1ccc(Cn2cc3c(N)ncnc3c2CCCO)cc1. The predicted octanol–water partition coefficient (Wildman–Crippen LogP) is 2.00. The summed E-state index contributed by atoms with van der Waals surface area (Å²) < 4.78 is 7.32. The van der Waals surface area contributed by atoms with E-state index in [1.165, 1.54) is 6.33 Å². The van der Waals surface area contributed by atoms with Crippen LogP contribution in [0.5, 0.6) is 5.75 Å². The molecule has 0 aliphatic rings. The maximum Gasteiger partial charge on any atom is 0.136 e. The Bertz CT molecular complexity index is 796. The van der Waals surface area contributed by atoms with E-state index >= 15 is 0 Å². The Morgan fingerprint density at radius 2 is 2.00 bits per heavy atom. The monoisotopic (exact) mass is 312 g/mol. The van der Waals surface area contributed by atoms with Crippen LogP contribution in [0, 0.1) is 0 Å².